The summed E-state index contributed by atoms with van der Waals surface area (Å²) in [7, 11) is 0.650. The van der Waals surface area contributed by atoms with E-state index in [9.17, 15) is 8.42 Å². The summed E-state index contributed by atoms with van der Waals surface area (Å²) in [5.74, 6) is 6.24. The molecule has 7 nitrogen and oxygen atoms in total. The van der Waals surface area contributed by atoms with Crippen LogP contribution < -0.4 is 4.72 Å². The van der Waals surface area contributed by atoms with Crippen LogP contribution in [0.2, 0.25) is 0 Å². The third kappa shape index (κ3) is 6.10. The van der Waals surface area contributed by atoms with E-state index in [1.165, 1.54) is 11.9 Å². The Morgan fingerprint density at radius 1 is 1.03 bits per heavy atom. The molecule has 0 bridgehead atoms. The third-order valence-corrected chi connectivity index (χ3v) is 5.04. The lowest BCUT2D eigenvalue weighted by Crippen LogP contribution is -2.11. The van der Waals surface area contributed by atoms with Gasteiger partial charge < -0.3 is 4.90 Å². The molecule has 160 valence electrons. The van der Waals surface area contributed by atoms with Crippen LogP contribution in [0.25, 0.3) is 11.3 Å². The Balaban J connectivity index is 2.02. The quantitative estimate of drug-likeness (QED) is 0.620. The van der Waals surface area contributed by atoms with Gasteiger partial charge in [-0.2, -0.15) is 0 Å². The minimum Gasteiger partial charge on any atom is -0.305 e. The van der Waals surface area contributed by atoms with Gasteiger partial charge in [-0.25, -0.2) is 18.4 Å². The Kier molecular flexibility index (Phi) is 6.68. The molecule has 0 amide bonds. The van der Waals surface area contributed by atoms with Crippen molar-refractivity contribution in [2.45, 2.75) is 20.4 Å². The summed E-state index contributed by atoms with van der Waals surface area (Å²) < 4.78 is 25.7. The number of anilines is 1. The third-order valence-electron chi connectivity index (χ3n) is 4.45. The van der Waals surface area contributed by atoms with Crippen LogP contribution >= 0.6 is 0 Å². The van der Waals surface area contributed by atoms with Crippen LogP contribution in [0.1, 0.15) is 28.1 Å². The molecule has 3 rings (SSSR count). The average molecular weight is 436 g/mol. The van der Waals surface area contributed by atoms with Gasteiger partial charge in [-0.3, -0.25) is 9.71 Å². The van der Waals surface area contributed by atoms with Crippen molar-refractivity contribution in [3.63, 3.8) is 0 Å². The lowest BCUT2D eigenvalue weighted by atomic mass is 10.0. The number of hydrogen-bond donors (Lipinski definition) is 1. The second-order valence-corrected chi connectivity index (χ2v) is 9.35. The van der Waals surface area contributed by atoms with E-state index in [-0.39, 0.29) is 0 Å². The van der Waals surface area contributed by atoms with Crippen molar-refractivity contribution in [3.8, 4) is 23.1 Å². The van der Waals surface area contributed by atoms with Crippen molar-refractivity contribution in [2.75, 3.05) is 25.1 Å². The molecule has 0 fully saturated rings. The Bertz CT molecular complexity index is 1270. The van der Waals surface area contributed by atoms with Gasteiger partial charge in [0.25, 0.3) is 0 Å². The number of aryl methyl sites for hydroxylation is 2. The van der Waals surface area contributed by atoms with E-state index in [0.29, 0.717) is 16.9 Å². The van der Waals surface area contributed by atoms with Crippen molar-refractivity contribution in [1.82, 2.24) is 19.9 Å². The summed E-state index contributed by atoms with van der Waals surface area (Å²) in [6.45, 7) is 4.45. The molecule has 0 saturated carbocycles. The zero-order chi connectivity index (χ0) is 22.6. The predicted octanol–water partition coefficient (Wildman–Crippen LogP) is 2.99. The van der Waals surface area contributed by atoms with Gasteiger partial charge in [-0.05, 0) is 45.6 Å². The molecule has 2 aromatic heterocycles. The van der Waals surface area contributed by atoms with Crippen molar-refractivity contribution < 1.29 is 8.42 Å². The largest absolute Gasteiger partial charge is 0.305 e. The maximum Gasteiger partial charge on any atom is 0.229 e. The first-order chi connectivity index (χ1) is 14.6. The standard InChI is InChI=1S/C23H25N5O2S/c1-16-21(10-9-18-12-22(17(2)24-13-18)27-31(5,29)30)23(26-15-25-16)20-8-6-7-19(11-20)14-28(3)4/h6-8,11-13,15,27H,14H2,1-5H3. The molecule has 2 heterocycles. The molecule has 0 spiro atoms. The van der Waals surface area contributed by atoms with Crippen molar-refractivity contribution in [1.29, 1.82) is 0 Å². The fraction of sp³-hybridized carbons (Fsp3) is 0.261. The summed E-state index contributed by atoms with van der Waals surface area (Å²) in [6, 6.07) is 9.88. The summed E-state index contributed by atoms with van der Waals surface area (Å²) in [4.78, 5) is 15.1. The lowest BCUT2D eigenvalue weighted by Gasteiger charge is -2.12. The van der Waals surface area contributed by atoms with Crippen LogP contribution in [0.4, 0.5) is 5.69 Å². The van der Waals surface area contributed by atoms with Crippen LogP contribution in [0, 0.1) is 25.7 Å². The van der Waals surface area contributed by atoms with Gasteiger partial charge in [-0.15, -0.1) is 0 Å². The summed E-state index contributed by atoms with van der Waals surface area (Å²) in [6.07, 6.45) is 4.26. The Labute approximate surface area is 183 Å². The number of benzene rings is 1. The van der Waals surface area contributed by atoms with Gasteiger partial charge in [-0.1, -0.05) is 30.0 Å². The van der Waals surface area contributed by atoms with E-state index < -0.39 is 10.0 Å². The van der Waals surface area contributed by atoms with Gasteiger partial charge in [0.2, 0.25) is 10.0 Å². The number of pyridine rings is 1. The van der Waals surface area contributed by atoms with Gasteiger partial charge in [0.1, 0.15) is 6.33 Å². The highest BCUT2D eigenvalue weighted by molar-refractivity contribution is 7.92. The molecule has 3 aromatic rings. The molecule has 31 heavy (non-hydrogen) atoms. The van der Waals surface area contributed by atoms with E-state index in [0.717, 1.165) is 35.3 Å². The molecular formula is C23H25N5O2S. The first-order valence-corrected chi connectivity index (χ1v) is 11.5. The zero-order valence-corrected chi connectivity index (χ0v) is 19.1. The fourth-order valence-electron chi connectivity index (χ4n) is 3.06. The molecular weight excluding hydrogens is 410 g/mol. The van der Waals surface area contributed by atoms with Crippen LogP contribution in [0.5, 0.6) is 0 Å². The van der Waals surface area contributed by atoms with E-state index in [1.54, 1.807) is 19.2 Å². The fourth-order valence-corrected chi connectivity index (χ4v) is 3.67. The van der Waals surface area contributed by atoms with Crippen LogP contribution in [-0.2, 0) is 16.6 Å². The highest BCUT2D eigenvalue weighted by atomic mass is 32.2. The minimum atomic E-state index is -3.41. The minimum absolute atomic E-state index is 0.409. The summed E-state index contributed by atoms with van der Waals surface area (Å²) in [5.41, 5.74) is 5.98. The maximum absolute atomic E-state index is 11.6. The van der Waals surface area contributed by atoms with Crippen LogP contribution in [0.3, 0.4) is 0 Å². The van der Waals surface area contributed by atoms with E-state index >= 15 is 0 Å². The number of rotatable bonds is 5. The molecule has 0 radical (unpaired) electrons. The number of aromatic nitrogens is 3. The molecule has 0 atom stereocenters. The van der Waals surface area contributed by atoms with Crippen LogP contribution in [-0.4, -0.2) is 48.6 Å². The highest BCUT2D eigenvalue weighted by Crippen LogP contribution is 2.24. The van der Waals surface area contributed by atoms with Crippen LogP contribution in [0.15, 0.2) is 42.9 Å². The van der Waals surface area contributed by atoms with Gasteiger partial charge in [0.15, 0.2) is 0 Å². The molecule has 1 aromatic carbocycles. The summed E-state index contributed by atoms with van der Waals surface area (Å²) >= 11 is 0. The summed E-state index contributed by atoms with van der Waals surface area (Å²) in [5, 5.41) is 0. The van der Waals surface area contributed by atoms with Gasteiger partial charge in [0.05, 0.1) is 34.6 Å². The maximum atomic E-state index is 11.6. The molecule has 0 aliphatic heterocycles. The monoisotopic (exact) mass is 435 g/mol. The molecule has 0 unspecified atom stereocenters. The second-order valence-electron chi connectivity index (χ2n) is 7.60. The van der Waals surface area contributed by atoms with Gasteiger partial charge in [0, 0.05) is 23.9 Å². The van der Waals surface area contributed by atoms with Gasteiger partial charge >= 0.3 is 0 Å². The van der Waals surface area contributed by atoms with Crippen molar-refractivity contribution >= 4 is 15.7 Å². The normalized spacial score (nSPS) is 11.2. The molecule has 0 aliphatic carbocycles. The topological polar surface area (TPSA) is 88.1 Å². The van der Waals surface area contributed by atoms with E-state index in [2.05, 4.69) is 48.5 Å². The van der Waals surface area contributed by atoms with E-state index in [4.69, 9.17) is 0 Å². The highest BCUT2D eigenvalue weighted by Gasteiger charge is 2.10. The molecule has 8 heteroatoms. The Morgan fingerprint density at radius 3 is 2.52 bits per heavy atom. The zero-order valence-electron chi connectivity index (χ0n) is 18.3. The lowest BCUT2D eigenvalue weighted by molar-refractivity contribution is 0.402. The SMILES string of the molecule is Cc1ncc(C#Cc2c(C)ncnc2-c2cccc(CN(C)C)c2)cc1NS(C)(=O)=O. The van der Waals surface area contributed by atoms with Crippen molar-refractivity contribution in [3.05, 3.63) is 70.9 Å². The first kappa shape index (κ1) is 22.4. The first-order valence-electron chi connectivity index (χ1n) is 9.64. The second kappa shape index (κ2) is 9.25. The predicted molar refractivity (Wildman–Crippen MR) is 123 cm³/mol. The number of hydrogen-bond acceptors (Lipinski definition) is 6. The smallest absolute Gasteiger partial charge is 0.229 e. The number of nitrogens with zero attached hydrogens (tertiary/aromatic N) is 4. The number of sulfonamides is 1. The molecule has 0 saturated heterocycles. The molecule has 1 N–H and O–H groups in total. The Morgan fingerprint density at radius 2 is 1.81 bits per heavy atom. The average Bonchev–Trinajstić information content (AvgIpc) is 2.68. The Hall–Kier alpha value is -3.28. The molecule has 0 aliphatic rings. The van der Waals surface area contributed by atoms with Crippen molar-refractivity contribution in [2.24, 2.45) is 0 Å². The number of nitrogens with one attached hydrogen (secondary N) is 1. The van der Waals surface area contributed by atoms with E-state index in [1.807, 2.05) is 33.2 Å².